The van der Waals surface area contributed by atoms with Gasteiger partial charge in [0.05, 0.1) is 16.8 Å². The van der Waals surface area contributed by atoms with E-state index in [1.54, 1.807) is 41.3 Å². The van der Waals surface area contributed by atoms with Gasteiger partial charge in [-0.25, -0.2) is 4.79 Å². The number of hydrogen-bond donors (Lipinski definition) is 2. The maximum Gasteiger partial charge on any atom is 0.322 e. The molecule has 0 saturated carbocycles. The minimum Gasteiger partial charge on any atom is -0.320 e. The van der Waals surface area contributed by atoms with Crippen LogP contribution in [-0.4, -0.2) is 33.6 Å². The molecular formula is C21H19Cl2N5O2S. The van der Waals surface area contributed by atoms with E-state index in [-0.39, 0.29) is 23.0 Å². The summed E-state index contributed by atoms with van der Waals surface area (Å²) in [5.41, 5.74) is 2.15. The van der Waals surface area contributed by atoms with E-state index >= 15 is 0 Å². The fourth-order valence-corrected chi connectivity index (χ4v) is 4.75. The van der Waals surface area contributed by atoms with Crippen LogP contribution >= 0.6 is 34.5 Å². The van der Waals surface area contributed by atoms with Crippen molar-refractivity contribution in [3.8, 4) is 0 Å². The fourth-order valence-electron chi connectivity index (χ4n) is 3.39. The first-order chi connectivity index (χ1) is 14.9. The zero-order valence-electron chi connectivity index (χ0n) is 16.6. The minimum atomic E-state index is -0.369. The Morgan fingerprint density at radius 2 is 1.97 bits per heavy atom. The fraction of sp³-hybridized carbons (Fsp3) is 0.238. The average molecular weight is 476 g/mol. The zero-order valence-corrected chi connectivity index (χ0v) is 18.9. The molecule has 1 unspecified atom stereocenters. The highest BCUT2D eigenvalue weighted by Crippen LogP contribution is 2.35. The van der Waals surface area contributed by atoms with E-state index in [1.807, 2.05) is 13.0 Å². The molecule has 10 heteroatoms. The van der Waals surface area contributed by atoms with Gasteiger partial charge in [-0.3, -0.25) is 4.79 Å². The number of carbonyl (C=O) groups is 2. The van der Waals surface area contributed by atoms with Gasteiger partial charge < -0.3 is 15.5 Å². The van der Waals surface area contributed by atoms with E-state index < -0.39 is 0 Å². The molecule has 2 N–H and O–H groups in total. The van der Waals surface area contributed by atoms with E-state index in [9.17, 15) is 9.59 Å². The first-order valence-electron chi connectivity index (χ1n) is 9.65. The van der Waals surface area contributed by atoms with Crippen molar-refractivity contribution in [2.75, 3.05) is 17.2 Å². The van der Waals surface area contributed by atoms with Crippen molar-refractivity contribution in [3.05, 3.63) is 68.1 Å². The number of hydrogen-bond acceptors (Lipinski definition) is 5. The summed E-state index contributed by atoms with van der Waals surface area (Å²) in [4.78, 5) is 27.1. The van der Waals surface area contributed by atoms with Crippen molar-refractivity contribution in [2.24, 2.45) is 0 Å². The van der Waals surface area contributed by atoms with Gasteiger partial charge >= 0.3 is 6.03 Å². The number of rotatable bonds is 4. The third-order valence-electron chi connectivity index (χ3n) is 4.88. The summed E-state index contributed by atoms with van der Waals surface area (Å²) in [6.07, 6.45) is 1.59. The number of nitrogens with one attached hydrogen (secondary N) is 2. The number of likely N-dealkylation sites (tertiary alicyclic amines) is 1. The molecule has 0 aliphatic carbocycles. The third kappa shape index (κ3) is 4.98. The molecule has 2 aromatic carbocycles. The van der Waals surface area contributed by atoms with Gasteiger partial charge in [-0.2, -0.15) is 0 Å². The van der Waals surface area contributed by atoms with Crippen molar-refractivity contribution in [2.45, 2.75) is 25.8 Å². The molecule has 3 aromatic rings. The van der Waals surface area contributed by atoms with Crippen LogP contribution in [0.2, 0.25) is 10.0 Å². The van der Waals surface area contributed by atoms with Gasteiger partial charge in [0.25, 0.3) is 5.91 Å². The highest BCUT2D eigenvalue weighted by molar-refractivity contribution is 7.13. The molecule has 31 heavy (non-hydrogen) atoms. The van der Waals surface area contributed by atoms with Gasteiger partial charge in [0.1, 0.15) is 5.01 Å². The Morgan fingerprint density at radius 1 is 1.13 bits per heavy atom. The van der Waals surface area contributed by atoms with Crippen molar-refractivity contribution in [1.82, 2.24) is 15.1 Å². The van der Waals surface area contributed by atoms with Crippen molar-refractivity contribution in [3.63, 3.8) is 0 Å². The summed E-state index contributed by atoms with van der Waals surface area (Å²) in [5.74, 6) is -0.369. The first kappa shape index (κ1) is 21.5. The van der Waals surface area contributed by atoms with Crippen LogP contribution in [-0.2, 0) is 0 Å². The largest absolute Gasteiger partial charge is 0.322 e. The van der Waals surface area contributed by atoms with Crippen LogP contribution < -0.4 is 10.6 Å². The quantitative estimate of drug-likeness (QED) is 0.500. The van der Waals surface area contributed by atoms with Crippen LogP contribution in [0.15, 0.2) is 42.5 Å². The molecule has 7 nitrogen and oxygen atoms in total. The van der Waals surface area contributed by atoms with E-state index in [0.717, 1.165) is 18.4 Å². The molecule has 3 amide bonds. The maximum atomic E-state index is 12.9. The van der Waals surface area contributed by atoms with Crippen molar-refractivity contribution in [1.29, 1.82) is 0 Å². The maximum absolute atomic E-state index is 12.9. The van der Waals surface area contributed by atoms with Crippen LogP contribution in [0.25, 0.3) is 0 Å². The summed E-state index contributed by atoms with van der Waals surface area (Å²) in [5, 5.41) is 15.7. The Bertz CT molecular complexity index is 1140. The number of carbonyl (C=O) groups excluding carboxylic acids is 2. The lowest BCUT2D eigenvalue weighted by Gasteiger charge is -2.23. The monoisotopic (exact) mass is 475 g/mol. The van der Waals surface area contributed by atoms with E-state index in [2.05, 4.69) is 20.8 Å². The smallest absolute Gasteiger partial charge is 0.320 e. The predicted octanol–water partition coefficient (Wildman–Crippen LogP) is 5.77. The molecule has 160 valence electrons. The van der Waals surface area contributed by atoms with Gasteiger partial charge in [0.15, 0.2) is 0 Å². The third-order valence-corrected chi connectivity index (χ3v) is 6.45. The molecule has 1 atom stereocenters. The Kier molecular flexibility index (Phi) is 6.41. The number of amides is 3. The molecule has 1 aromatic heterocycles. The lowest BCUT2D eigenvalue weighted by atomic mass is 10.2. The Labute approximate surface area is 193 Å². The zero-order chi connectivity index (χ0) is 22.0. The van der Waals surface area contributed by atoms with Gasteiger partial charge in [-0.1, -0.05) is 46.7 Å². The lowest BCUT2D eigenvalue weighted by molar-refractivity contribution is 0.102. The molecule has 2 heterocycles. The number of aromatic nitrogens is 2. The number of aryl methyl sites for hydroxylation is 1. The second-order valence-electron chi connectivity index (χ2n) is 7.17. The molecule has 1 fully saturated rings. The SMILES string of the molecule is Cc1ccc(NC(=O)N2CCCC2c2nnc(C(=O)Nc3cccc(Cl)c3)s2)c(Cl)c1. The Hall–Kier alpha value is -2.68. The minimum absolute atomic E-state index is 0.226. The van der Waals surface area contributed by atoms with Gasteiger partial charge in [-0.05, 0) is 55.7 Å². The topological polar surface area (TPSA) is 87.2 Å². The molecular weight excluding hydrogens is 457 g/mol. The molecule has 0 bridgehead atoms. The predicted molar refractivity (Wildman–Crippen MR) is 123 cm³/mol. The molecule has 1 aliphatic heterocycles. The second-order valence-corrected chi connectivity index (χ2v) is 9.03. The summed E-state index contributed by atoms with van der Waals surface area (Å²) >= 11 is 13.4. The highest BCUT2D eigenvalue weighted by Gasteiger charge is 2.33. The summed E-state index contributed by atoms with van der Waals surface area (Å²) in [7, 11) is 0. The van der Waals surface area contributed by atoms with Crippen molar-refractivity contribution >= 4 is 57.9 Å². The van der Waals surface area contributed by atoms with Crippen LogP contribution in [0.4, 0.5) is 16.2 Å². The van der Waals surface area contributed by atoms with Crippen molar-refractivity contribution < 1.29 is 9.59 Å². The highest BCUT2D eigenvalue weighted by atomic mass is 35.5. The van der Waals surface area contributed by atoms with E-state index in [1.165, 1.54) is 11.3 Å². The summed E-state index contributed by atoms with van der Waals surface area (Å²) in [6, 6.07) is 11.8. The normalized spacial score (nSPS) is 15.7. The van der Waals surface area contributed by atoms with Crippen LogP contribution in [0.1, 0.15) is 39.3 Å². The number of nitrogens with zero attached hydrogens (tertiary/aromatic N) is 3. The van der Waals surface area contributed by atoms with Gasteiger partial charge in [0.2, 0.25) is 5.01 Å². The molecule has 1 saturated heterocycles. The number of urea groups is 1. The number of halogens is 2. The van der Waals surface area contributed by atoms with E-state index in [4.69, 9.17) is 23.2 Å². The van der Waals surface area contributed by atoms with Gasteiger partial charge in [0, 0.05) is 17.3 Å². The standard InChI is InChI=1S/C21H19Cl2N5O2S/c1-12-7-8-16(15(23)10-12)25-21(30)28-9-3-6-17(28)19-26-27-20(31-19)18(29)24-14-5-2-4-13(22)11-14/h2,4-5,7-8,10-11,17H,3,6,9H2,1H3,(H,24,29)(H,25,30). The summed E-state index contributed by atoms with van der Waals surface area (Å²) in [6.45, 7) is 2.52. The second kappa shape index (κ2) is 9.21. The Balaban J connectivity index is 1.46. The van der Waals surface area contributed by atoms with E-state index in [0.29, 0.717) is 33.0 Å². The average Bonchev–Trinajstić information content (AvgIpc) is 3.39. The van der Waals surface area contributed by atoms with Crippen LogP contribution in [0.5, 0.6) is 0 Å². The van der Waals surface area contributed by atoms with Gasteiger partial charge in [-0.15, -0.1) is 10.2 Å². The molecule has 0 spiro atoms. The molecule has 4 rings (SSSR count). The lowest BCUT2D eigenvalue weighted by Crippen LogP contribution is -2.34. The summed E-state index contributed by atoms with van der Waals surface area (Å²) < 4.78 is 0. The van der Waals surface area contributed by atoms with Crippen LogP contribution in [0.3, 0.4) is 0 Å². The molecule has 1 aliphatic rings. The number of benzene rings is 2. The Morgan fingerprint density at radius 3 is 2.74 bits per heavy atom. The number of anilines is 2. The first-order valence-corrected chi connectivity index (χ1v) is 11.2. The van der Waals surface area contributed by atoms with Crippen LogP contribution in [0, 0.1) is 6.92 Å². The molecule has 0 radical (unpaired) electrons.